The number of carboxylic acid groups (broad SMARTS) is 2. The summed E-state index contributed by atoms with van der Waals surface area (Å²) in [6, 6.07) is -1.66. The summed E-state index contributed by atoms with van der Waals surface area (Å²) in [5, 5.41) is 36.6. The van der Waals surface area contributed by atoms with Gasteiger partial charge in [0.1, 0.15) is 29.9 Å². The maximum atomic E-state index is 13.3. The van der Waals surface area contributed by atoms with Crippen molar-refractivity contribution in [1.82, 2.24) is 21.3 Å². The summed E-state index contributed by atoms with van der Waals surface area (Å²) in [5.41, 5.74) is 16.6. The second-order valence-corrected chi connectivity index (χ2v) is 9.84. The molecule has 0 unspecified atom stereocenters. The van der Waals surface area contributed by atoms with E-state index in [0.29, 0.717) is 5.56 Å². The number of phenols is 1. The molecule has 18 nitrogen and oxygen atoms in total. The number of carbonyl (C=O) groups excluding carboxylic acids is 6. The van der Waals surface area contributed by atoms with Crippen LogP contribution >= 0.6 is 0 Å². The molecule has 242 valence electrons. The van der Waals surface area contributed by atoms with Gasteiger partial charge in [0, 0.05) is 19.3 Å². The fourth-order valence-corrected chi connectivity index (χ4v) is 3.67. The third-order valence-corrected chi connectivity index (χ3v) is 6.10. The van der Waals surface area contributed by atoms with E-state index in [0.717, 1.165) is 0 Å². The largest absolute Gasteiger partial charge is 0.508 e. The van der Waals surface area contributed by atoms with Gasteiger partial charge >= 0.3 is 11.9 Å². The molecule has 5 atom stereocenters. The van der Waals surface area contributed by atoms with Crippen molar-refractivity contribution in [1.29, 1.82) is 0 Å². The average molecular weight is 624 g/mol. The van der Waals surface area contributed by atoms with E-state index < -0.39 is 96.9 Å². The number of aliphatic carboxylic acids is 2. The number of primary amides is 2. The smallest absolute Gasteiger partial charge is 0.326 e. The zero-order chi connectivity index (χ0) is 33.6. The van der Waals surface area contributed by atoms with Crippen molar-refractivity contribution in [3.63, 3.8) is 0 Å². The molecule has 44 heavy (non-hydrogen) atoms. The van der Waals surface area contributed by atoms with Gasteiger partial charge < -0.3 is 53.8 Å². The first-order valence-corrected chi connectivity index (χ1v) is 13.3. The molecule has 0 bridgehead atoms. The molecule has 1 aromatic rings. The molecule has 0 saturated carbocycles. The Morgan fingerprint density at radius 3 is 1.77 bits per heavy atom. The molecule has 1 aromatic carbocycles. The molecule has 0 aliphatic heterocycles. The number of hydrogen-bond acceptors (Lipinski definition) is 10. The van der Waals surface area contributed by atoms with Crippen LogP contribution in [-0.4, -0.2) is 92.9 Å². The Morgan fingerprint density at radius 2 is 1.25 bits per heavy atom. The maximum absolute atomic E-state index is 13.3. The Hall–Kier alpha value is -5.26. The first-order chi connectivity index (χ1) is 20.5. The second-order valence-electron chi connectivity index (χ2n) is 9.84. The molecule has 1 rings (SSSR count). The van der Waals surface area contributed by atoms with Crippen LogP contribution in [0.5, 0.6) is 5.75 Å². The van der Waals surface area contributed by atoms with Gasteiger partial charge in [-0.1, -0.05) is 12.1 Å². The molecule has 6 amide bonds. The van der Waals surface area contributed by atoms with Crippen LogP contribution in [0.1, 0.15) is 44.6 Å². The summed E-state index contributed by atoms with van der Waals surface area (Å²) < 4.78 is 0. The van der Waals surface area contributed by atoms with Crippen LogP contribution in [0.2, 0.25) is 0 Å². The van der Waals surface area contributed by atoms with E-state index in [1.54, 1.807) is 0 Å². The molecule has 18 heteroatoms. The van der Waals surface area contributed by atoms with Gasteiger partial charge in [-0.3, -0.25) is 33.6 Å². The van der Waals surface area contributed by atoms with Gasteiger partial charge in [-0.05, 0) is 37.5 Å². The molecule has 0 radical (unpaired) electrons. The normalized spacial score (nSPS) is 14.0. The predicted octanol–water partition coefficient (Wildman–Crippen LogP) is -3.69. The SMILES string of the molecule is C[C@H](NC(=O)[C@H](CC(N)=O)NC(=O)[C@H](Cc1ccc(O)cc1)NC(=O)[C@@H](N)CCC(N)=O)C(=O)N[C@@H](CCC(=O)O)C(=O)O. The standard InChI is InChI=1S/C26H37N7O11/c1-12(22(39)31-16(26(43)44)7-9-21(37)38)30-24(41)18(11-20(29)36)33-25(42)17(10-13-2-4-14(34)5-3-13)32-23(40)15(27)6-8-19(28)35/h2-5,12,15-18,34H,6-11,27H2,1H3,(H2,28,35)(H2,29,36)(H,30,41)(H,31,39)(H,32,40)(H,33,42)(H,37,38)(H,43,44)/t12-,15-,16-,17-,18-/m0/s1. The molecule has 0 aliphatic rings. The summed E-state index contributed by atoms with van der Waals surface area (Å²) in [6.45, 7) is 1.17. The molecule has 0 fully saturated rings. The molecule has 0 saturated heterocycles. The number of nitrogens with one attached hydrogen (secondary N) is 4. The minimum atomic E-state index is -1.65. The van der Waals surface area contributed by atoms with Gasteiger partial charge in [-0.15, -0.1) is 0 Å². The number of hydrogen-bond donors (Lipinski definition) is 10. The lowest BCUT2D eigenvalue weighted by Gasteiger charge is -2.25. The van der Waals surface area contributed by atoms with Gasteiger partial charge in [-0.2, -0.15) is 0 Å². The lowest BCUT2D eigenvalue weighted by atomic mass is 10.0. The highest BCUT2D eigenvalue weighted by molar-refractivity contribution is 5.97. The Bertz CT molecular complexity index is 1240. The third-order valence-electron chi connectivity index (χ3n) is 6.10. The molecular formula is C26H37N7O11. The zero-order valence-corrected chi connectivity index (χ0v) is 23.8. The van der Waals surface area contributed by atoms with Gasteiger partial charge in [0.05, 0.1) is 12.5 Å². The number of amides is 6. The molecule has 13 N–H and O–H groups in total. The number of nitrogens with two attached hydrogens (primary N) is 3. The van der Waals surface area contributed by atoms with Crippen molar-refractivity contribution in [3.05, 3.63) is 29.8 Å². The lowest BCUT2D eigenvalue weighted by molar-refractivity contribution is -0.143. The van der Waals surface area contributed by atoms with Crippen LogP contribution in [0.25, 0.3) is 0 Å². The molecule has 0 aliphatic carbocycles. The fraction of sp³-hybridized carbons (Fsp3) is 0.462. The fourth-order valence-electron chi connectivity index (χ4n) is 3.67. The van der Waals surface area contributed by atoms with Gasteiger partial charge in [-0.25, -0.2) is 4.79 Å². The quantitative estimate of drug-likeness (QED) is 0.0712. The Morgan fingerprint density at radius 1 is 0.705 bits per heavy atom. The van der Waals surface area contributed by atoms with Gasteiger partial charge in [0.25, 0.3) is 0 Å². The van der Waals surface area contributed by atoms with Crippen molar-refractivity contribution >= 4 is 47.4 Å². The van der Waals surface area contributed by atoms with E-state index in [1.165, 1.54) is 31.2 Å². The molecule has 0 heterocycles. The number of rotatable bonds is 19. The van der Waals surface area contributed by atoms with Crippen molar-refractivity contribution < 1.29 is 53.7 Å². The van der Waals surface area contributed by atoms with E-state index in [2.05, 4.69) is 21.3 Å². The molecule has 0 aromatic heterocycles. The summed E-state index contributed by atoms with van der Waals surface area (Å²) in [4.78, 5) is 96.3. The van der Waals surface area contributed by atoms with Crippen LogP contribution in [0.4, 0.5) is 0 Å². The minimum absolute atomic E-state index is 0.0693. The first-order valence-electron chi connectivity index (χ1n) is 13.3. The topological polar surface area (TPSA) is 323 Å². The summed E-state index contributed by atoms with van der Waals surface area (Å²) in [5.74, 6) is -8.44. The molecular weight excluding hydrogens is 586 g/mol. The number of aromatic hydroxyl groups is 1. The van der Waals surface area contributed by atoms with Crippen LogP contribution in [0.15, 0.2) is 24.3 Å². The van der Waals surface area contributed by atoms with E-state index in [4.69, 9.17) is 22.3 Å². The van der Waals surface area contributed by atoms with Crippen LogP contribution < -0.4 is 38.5 Å². The minimum Gasteiger partial charge on any atom is -0.508 e. The number of phenolic OH excluding ortho intramolecular Hbond substituents is 1. The third kappa shape index (κ3) is 13.6. The summed E-state index contributed by atoms with van der Waals surface area (Å²) in [6.07, 6.45) is -2.22. The van der Waals surface area contributed by atoms with E-state index in [-0.39, 0.29) is 25.0 Å². The van der Waals surface area contributed by atoms with E-state index >= 15 is 0 Å². The van der Waals surface area contributed by atoms with Crippen molar-refractivity contribution in [2.45, 2.75) is 75.7 Å². The Labute approximate surface area is 251 Å². The van der Waals surface area contributed by atoms with E-state index in [1.807, 2.05) is 0 Å². The van der Waals surface area contributed by atoms with Crippen LogP contribution in [0.3, 0.4) is 0 Å². The summed E-state index contributed by atoms with van der Waals surface area (Å²) >= 11 is 0. The molecule has 0 spiro atoms. The van der Waals surface area contributed by atoms with E-state index in [9.17, 15) is 48.6 Å². The zero-order valence-electron chi connectivity index (χ0n) is 23.8. The van der Waals surface area contributed by atoms with Gasteiger partial charge in [0.15, 0.2) is 0 Å². The lowest BCUT2D eigenvalue weighted by Crippen LogP contribution is -2.59. The first kappa shape index (κ1) is 36.8. The average Bonchev–Trinajstić information content (AvgIpc) is 2.93. The predicted molar refractivity (Wildman–Crippen MR) is 150 cm³/mol. The monoisotopic (exact) mass is 623 g/mol. The van der Waals surface area contributed by atoms with Crippen molar-refractivity contribution in [3.8, 4) is 5.75 Å². The number of carbonyl (C=O) groups is 8. The summed E-state index contributed by atoms with van der Waals surface area (Å²) in [7, 11) is 0. The van der Waals surface area contributed by atoms with Crippen molar-refractivity contribution in [2.75, 3.05) is 0 Å². The van der Waals surface area contributed by atoms with Crippen LogP contribution in [0, 0.1) is 0 Å². The number of benzene rings is 1. The van der Waals surface area contributed by atoms with Gasteiger partial charge in [0.2, 0.25) is 35.4 Å². The highest BCUT2D eigenvalue weighted by atomic mass is 16.4. The number of carboxylic acids is 2. The highest BCUT2D eigenvalue weighted by Gasteiger charge is 2.31. The Balaban J connectivity index is 3.09. The van der Waals surface area contributed by atoms with Crippen molar-refractivity contribution in [2.24, 2.45) is 17.2 Å². The highest BCUT2D eigenvalue weighted by Crippen LogP contribution is 2.12. The maximum Gasteiger partial charge on any atom is 0.326 e. The second kappa shape index (κ2) is 17.6. The van der Waals surface area contributed by atoms with Crippen LogP contribution in [-0.2, 0) is 44.8 Å². The Kier molecular flexibility index (Phi) is 14.7.